The van der Waals surface area contributed by atoms with E-state index in [0.717, 1.165) is 72.6 Å². The van der Waals surface area contributed by atoms with Crippen molar-refractivity contribution >= 4 is 110 Å². The van der Waals surface area contributed by atoms with Crippen LogP contribution >= 0.6 is 0 Å². The highest BCUT2D eigenvalue weighted by atomic mass is 15.0. The number of aliphatic imine (C=N–C) groups is 1. The Morgan fingerprint density at radius 2 is 0.969 bits per heavy atom. The first-order chi connectivity index (χ1) is 32.2. The molecule has 3 aromatic heterocycles. The number of rotatable bonds is 4. The largest absolute Gasteiger partial charge is 0.309 e. The molecule has 14 rings (SSSR count). The summed E-state index contributed by atoms with van der Waals surface area (Å²) >= 11 is 0. The molecule has 0 fully saturated rings. The molecular formula is C61H38N4. The van der Waals surface area contributed by atoms with Gasteiger partial charge in [-0.25, -0.2) is 4.99 Å². The molecule has 0 unspecified atom stereocenters. The summed E-state index contributed by atoms with van der Waals surface area (Å²) in [5.41, 5.74) is 19.0. The van der Waals surface area contributed by atoms with Crippen molar-refractivity contribution in [2.45, 2.75) is 6.92 Å². The van der Waals surface area contributed by atoms with Crippen molar-refractivity contribution in [3.63, 3.8) is 0 Å². The molecule has 0 saturated carbocycles. The van der Waals surface area contributed by atoms with E-state index in [4.69, 9.17) is 4.99 Å². The second-order valence-corrected chi connectivity index (χ2v) is 17.2. The van der Waals surface area contributed by atoms with E-state index in [9.17, 15) is 0 Å². The molecule has 0 radical (unpaired) electrons. The van der Waals surface area contributed by atoms with Gasteiger partial charge in [-0.2, -0.15) is 0 Å². The van der Waals surface area contributed by atoms with Gasteiger partial charge < -0.3 is 13.7 Å². The van der Waals surface area contributed by atoms with Gasteiger partial charge in [-0.05, 0) is 77.7 Å². The maximum Gasteiger partial charge on any atom is 0.116 e. The first-order valence-corrected chi connectivity index (χ1v) is 22.3. The fourth-order valence-corrected chi connectivity index (χ4v) is 10.9. The van der Waals surface area contributed by atoms with Crippen molar-refractivity contribution < 1.29 is 0 Å². The number of benzene rings is 10. The molecule has 0 bridgehead atoms. The van der Waals surface area contributed by atoms with E-state index in [1.807, 2.05) is 0 Å². The molecule has 4 nitrogen and oxygen atoms in total. The predicted octanol–water partition coefficient (Wildman–Crippen LogP) is 16.0. The minimum atomic E-state index is 0.871. The molecule has 302 valence electrons. The summed E-state index contributed by atoms with van der Waals surface area (Å²) in [5, 5.41) is 12.1. The number of para-hydroxylation sites is 4. The van der Waals surface area contributed by atoms with Crippen LogP contribution in [-0.2, 0) is 0 Å². The molecule has 0 saturated heterocycles. The molecule has 13 aromatic rings. The molecule has 0 amide bonds. The van der Waals surface area contributed by atoms with E-state index in [0.29, 0.717) is 0 Å². The van der Waals surface area contributed by atoms with E-state index in [1.54, 1.807) is 0 Å². The second kappa shape index (κ2) is 13.7. The average molecular weight is 827 g/mol. The van der Waals surface area contributed by atoms with Crippen molar-refractivity contribution in [2.75, 3.05) is 0 Å². The Kier molecular flexibility index (Phi) is 7.53. The van der Waals surface area contributed by atoms with Gasteiger partial charge in [0.15, 0.2) is 0 Å². The van der Waals surface area contributed by atoms with Gasteiger partial charge in [0.05, 0.1) is 38.8 Å². The van der Waals surface area contributed by atoms with Gasteiger partial charge in [-0.1, -0.05) is 163 Å². The van der Waals surface area contributed by atoms with Gasteiger partial charge in [0.25, 0.3) is 0 Å². The topological polar surface area (TPSA) is 27.1 Å². The maximum absolute atomic E-state index is 5.76. The molecule has 4 heteroatoms. The Labute approximate surface area is 374 Å². The lowest BCUT2D eigenvalue weighted by molar-refractivity contribution is 1.18. The number of nitrogens with zero attached hydrogens (tertiary/aromatic N) is 4. The summed E-state index contributed by atoms with van der Waals surface area (Å²) in [4.78, 5) is 5.76. The van der Waals surface area contributed by atoms with Crippen molar-refractivity contribution in [3.8, 4) is 11.4 Å². The van der Waals surface area contributed by atoms with E-state index in [-0.39, 0.29) is 0 Å². The minimum absolute atomic E-state index is 0.871. The van der Waals surface area contributed by atoms with Crippen LogP contribution in [0.4, 0.5) is 5.69 Å². The quantitative estimate of drug-likeness (QED) is 0.158. The fraction of sp³-hybridized carbons (Fsp3) is 0.0164. The number of allylic oxidation sites excluding steroid dienone is 1. The highest BCUT2D eigenvalue weighted by Gasteiger charge is 2.27. The lowest BCUT2D eigenvalue weighted by Gasteiger charge is -2.16. The Morgan fingerprint density at radius 1 is 0.369 bits per heavy atom. The van der Waals surface area contributed by atoms with E-state index in [1.165, 1.54) is 59.5 Å². The van der Waals surface area contributed by atoms with Crippen molar-refractivity contribution in [2.24, 2.45) is 4.99 Å². The van der Waals surface area contributed by atoms with Gasteiger partial charge in [0.2, 0.25) is 0 Å². The SMILES string of the molecule is CC1=C=C(n2c3cc(-n4c5ccccc5c5ccc6ccccc6c54)ccc3c3c4ccccc4ccc32)C(c2cccc3c2c2ccccc2n3-c2ccccc2)=Nc2ccccc21. The maximum atomic E-state index is 5.76. The Hall–Kier alpha value is -8.69. The van der Waals surface area contributed by atoms with Crippen LogP contribution in [0, 0.1) is 0 Å². The summed E-state index contributed by atoms with van der Waals surface area (Å²) < 4.78 is 7.31. The second-order valence-electron chi connectivity index (χ2n) is 17.2. The molecule has 0 N–H and O–H groups in total. The molecule has 1 aliphatic heterocycles. The molecule has 0 atom stereocenters. The summed E-state index contributed by atoms with van der Waals surface area (Å²) in [6, 6.07) is 77.2. The zero-order valence-electron chi connectivity index (χ0n) is 35.5. The Balaban J connectivity index is 1.13. The van der Waals surface area contributed by atoms with E-state index >= 15 is 0 Å². The molecule has 0 aliphatic carbocycles. The molecule has 0 spiro atoms. The van der Waals surface area contributed by atoms with Crippen LogP contribution in [0.2, 0.25) is 0 Å². The number of aromatic nitrogens is 3. The zero-order valence-corrected chi connectivity index (χ0v) is 35.5. The monoisotopic (exact) mass is 826 g/mol. The Bertz CT molecular complexity index is 4280. The first kappa shape index (κ1) is 35.9. The lowest BCUT2D eigenvalue weighted by Crippen LogP contribution is -2.11. The number of fused-ring (bicyclic) bond motifs is 14. The third-order valence-corrected chi connectivity index (χ3v) is 13.7. The van der Waals surface area contributed by atoms with Gasteiger partial charge in [-0.15, -0.1) is 0 Å². The fourth-order valence-electron chi connectivity index (χ4n) is 10.9. The predicted molar refractivity (Wildman–Crippen MR) is 275 cm³/mol. The number of hydrogen-bond donors (Lipinski definition) is 0. The summed E-state index contributed by atoms with van der Waals surface area (Å²) in [6.07, 6.45) is 0. The van der Waals surface area contributed by atoms with Crippen LogP contribution in [0.15, 0.2) is 223 Å². The van der Waals surface area contributed by atoms with Gasteiger partial charge >= 0.3 is 0 Å². The minimum Gasteiger partial charge on any atom is -0.309 e. The van der Waals surface area contributed by atoms with Gasteiger partial charge in [-0.3, -0.25) is 0 Å². The van der Waals surface area contributed by atoms with Crippen LogP contribution < -0.4 is 0 Å². The number of hydrogen-bond acceptors (Lipinski definition) is 1. The van der Waals surface area contributed by atoms with Gasteiger partial charge in [0.1, 0.15) is 11.4 Å². The van der Waals surface area contributed by atoms with Crippen molar-refractivity contribution in [1.82, 2.24) is 13.7 Å². The van der Waals surface area contributed by atoms with Crippen LogP contribution in [0.1, 0.15) is 18.1 Å². The molecule has 4 heterocycles. The van der Waals surface area contributed by atoms with Crippen LogP contribution in [0.25, 0.3) is 110 Å². The highest BCUT2D eigenvalue weighted by molar-refractivity contribution is 6.37. The highest BCUT2D eigenvalue weighted by Crippen LogP contribution is 2.44. The normalized spacial score (nSPS) is 13.0. The zero-order chi connectivity index (χ0) is 42.8. The molecule has 65 heavy (non-hydrogen) atoms. The van der Waals surface area contributed by atoms with E-state index < -0.39 is 0 Å². The van der Waals surface area contributed by atoms with Crippen LogP contribution in [-0.4, -0.2) is 19.4 Å². The lowest BCUT2D eigenvalue weighted by atomic mass is 9.99. The Morgan fingerprint density at radius 3 is 1.82 bits per heavy atom. The standard InChI is InChI=1S/C61H38N4/c1-38-36-57(60(62-51-26-12-9-20-43(38)51)50-25-15-29-54-59(50)48-24-11-14-28-53(48)63(54)41-18-3-2-4-19-41)65-55-35-31-39-16-5-7-21-44(39)58(55)49-34-32-42(37-56(49)65)64-52-27-13-10-23-46(52)47-33-30-40-17-6-8-22-45(40)61(47)64/h2-35,37H,1H3. The first-order valence-electron chi connectivity index (χ1n) is 22.3. The van der Waals surface area contributed by atoms with E-state index in [2.05, 4.69) is 239 Å². The summed E-state index contributed by atoms with van der Waals surface area (Å²) in [5.74, 6) is 0. The van der Waals surface area contributed by atoms with Crippen molar-refractivity contribution in [1.29, 1.82) is 0 Å². The van der Waals surface area contributed by atoms with Crippen LogP contribution in [0.3, 0.4) is 0 Å². The summed E-state index contributed by atoms with van der Waals surface area (Å²) in [6.45, 7) is 2.18. The third-order valence-electron chi connectivity index (χ3n) is 13.7. The smallest absolute Gasteiger partial charge is 0.116 e. The average Bonchev–Trinajstić information content (AvgIpc) is 3.98. The third kappa shape index (κ3) is 5.11. The van der Waals surface area contributed by atoms with Crippen molar-refractivity contribution in [3.05, 3.63) is 229 Å². The summed E-state index contributed by atoms with van der Waals surface area (Å²) in [7, 11) is 0. The van der Waals surface area contributed by atoms with Crippen LogP contribution in [0.5, 0.6) is 0 Å². The van der Waals surface area contributed by atoms with Gasteiger partial charge in [0, 0.05) is 65.8 Å². The molecule has 1 aliphatic rings. The molecule has 10 aromatic carbocycles. The molecular weight excluding hydrogens is 789 g/mol.